The summed E-state index contributed by atoms with van der Waals surface area (Å²) in [6.45, 7) is -1.61. The predicted octanol–water partition coefficient (Wildman–Crippen LogP) is 2.58. The van der Waals surface area contributed by atoms with Gasteiger partial charge in [0, 0.05) is 0 Å². The lowest BCUT2D eigenvalue weighted by atomic mass is 10.3. The fourth-order valence-corrected chi connectivity index (χ4v) is 1.32. The summed E-state index contributed by atoms with van der Waals surface area (Å²) in [5, 5.41) is 0. The number of imidazole rings is 1. The zero-order valence-electron chi connectivity index (χ0n) is 8.44. The molecule has 0 aliphatic rings. The molecule has 4 nitrogen and oxygen atoms in total. The van der Waals surface area contributed by atoms with Crippen molar-refractivity contribution in [1.82, 2.24) is 9.55 Å². The Kier molecular flexibility index (Phi) is 2.74. The lowest BCUT2D eigenvalue weighted by molar-refractivity contribution is -0.160. The van der Waals surface area contributed by atoms with E-state index >= 15 is 0 Å². The molecule has 0 N–H and O–H groups in total. The van der Waals surface area contributed by atoms with Crippen molar-refractivity contribution in [2.75, 3.05) is 6.61 Å². The van der Waals surface area contributed by atoms with Crippen molar-refractivity contribution in [3.63, 3.8) is 0 Å². The fourth-order valence-electron chi connectivity index (χ4n) is 1.32. The van der Waals surface area contributed by atoms with Crippen molar-refractivity contribution in [3.05, 3.63) is 30.6 Å². The molecule has 0 radical (unpaired) electrons. The summed E-state index contributed by atoms with van der Waals surface area (Å²) in [6.07, 6.45) is -4.51. The first-order valence-corrected chi connectivity index (χ1v) is 4.63. The SMILES string of the molecule is O=C(OCC(F)(F)F)n1cnc2ccccc21. The lowest BCUT2D eigenvalue weighted by Gasteiger charge is -2.08. The van der Waals surface area contributed by atoms with Crippen molar-refractivity contribution in [2.45, 2.75) is 6.18 Å². The van der Waals surface area contributed by atoms with Crippen LogP contribution in [0.3, 0.4) is 0 Å². The Morgan fingerprint density at radius 2 is 2.06 bits per heavy atom. The number of ether oxygens (including phenoxy) is 1. The van der Waals surface area contributed by atoms with Crippen LogP contribution in [0.5, 0.6) is 0 Å². The molecule has 0 spiro atoms. The Labute approximate surface area is 93.6 Å². The second-order valence-corrected chi connectivity index (χ2v) is 3.27. The number of benzene rings is 1. The first kappa shape index (κ1) is 11.4. The van der Waals surface area contributed by atoms with E-state index in [1.54, 1.807) is 24.3 Å². The average molecular weight is 244 g/mol. The monoisotopic (exact) mass is 244 g/mol. The molecule has 0 saturated carbocycles. The fraction of sp³-hybridized carbons (Fsp3) is 0.200. The molecule has 0 fully saturated rings. The number of alkyl halides is 3. The van der Waals surface area contributed by atoms with Crippen LogP contribution in [0.4, 0.5) is 18.0 Å². The second-order valence-electron chi connectivity index (χ2n) is 3.27. The molecule has 7 heteroatoms. The van der Waals surface area contributed by atoms with E-state index in [1.165, 1.54) is 0 Å². The third-order valence-corrected chi connectivity index (χ3v) is 2.01. The van der Waals surface area contributed by atoms with Crippen LogP contribution in [0, 0.1) is 0 Å². The molecule has 17 heavy (non-hydrogen) atoms. The van der Waals surface area contributed by atoms with Crippen LogP contribution in [-0.4, -0.2) is 28.4 Å². The molecular formula is C10H7F3N2O2. The molecule has 2 aromatic rings. The van der Waals surface area contributed by atoms with E-state index in [-0.39, 0.29) is 0 Å². The van der Waals surface area contributed by atoms with E-state index in [2.05, 4.69) is 9.72 Å². The van der Waals surface area contributed by atoms with Crippen LogP contribution >= 0.6 is 0 Å². The molecule has 0 amide bonds. The average Bonchev–Trinajstić information content (AvgIpc) is 2.68. The lowest BCUT2D eigenvalue weighted by Crippen LogP contribution is -2.22. The van der Waals surface area contributed by atoms with Gasteiger partial charge in [0.2, 0.25) is 0 Å². The maximum atomic E-state index is 11.9. The highest BCUT2D eigenvalue weighted by Gasteiger charge is 2.30. The molecule has 2 rings (SSSR count). The van der Waals surface area contributed by atoms with E-state index in [4.69, 9.17) is 0 Å². The third-order valence-electron chi connectivity index (χ3n) is 2.01. The highest BCUT2D eigenvalue weighted by molar-refractivity contribution is 5.86. The summed E-state index contributed by atoms with van der Waals surface area (Å²) in [4.78, 5) is 15.2. The first-order valence-electron chi connectivity index (χ1n) is 4.63. The minimum atomic E-state index is -4.54. The van der Waals surface area contributed by atoms with E-state index in [1.807, 2.05) is 0 Å². The molecule has 0 aliphatic heterocycles. The summed E-state index contributed by atoms with van der Waals surface area (Å²) < 4.78 is 40.7. The number of carbonyl (C=O) groups excluding carboxylic acids is 1. The molecule has 1 heterocycles. The number of fused-ring (bicyclic) bond motifs is 1. The van der Waals surface area contributed by atoms with Crippen molar-refractivity contribution in [3.8, 4) is 0 Å². The summed E-state index contributed by atoms with van der Waals surface area (Å²) in [5.74, 6) is 0. The van der Waals surface area contributed by atoms with E-state index in [0.717, 1.165) is 10.9 Å². The molecule has 90 valence electrons. The molecule has 0 atom stereocenters. The van der Waals surface area contributed by atoms with Crippen LogP contribution in [0.15, 0.2) is 30.6 Å². The highest BCUT2D eigenvalue weighted by Crippen LogP contribution is 2.16. The van der Waals surface area contributed by atoms with E-state index < -0.39 is 18.9 Å². The third kappa shape index (κ3) is 2.55. The summed E-state index contributed by atoms with van der Waals surface area (Å²) >= 11 is 0. The van der Waals surface area contributed by atoms with Gasteiger partial charge < -0.3 is 4.74 Å². The minimum Gasteiger partial charge on any atom is -0.439 e. The molecule has 0 aliphatic carbocycles. The molecule has 1 aromatic heterocycles. The van der Waals surface area contributed by atoms with Crippen molar-refractivity contribution < 1.29 is 22.7 Å². The Hall–Kier alpha value is -2.05. The van der Waals surface area contributed by atoms with Crippen LogP contribution in [0.25, 0.3) is 11.0 Å². The van der Waals surface area contributed by atoms with Crippen LogP contribution < -0.4 is 0 Å². The van der Waals surface area contributed by atoms with Crippen LogP contribution in [0.1, 0.15) is 0 Å². The van der Waals surface area contributed by atoms with Gasteiger partial charge >= 0.3 is 12.3 Å². The summed E-state index contributed by atoms with van der Waals surface area (Å²) in [5.41, 5.74) is 0.913. The highest BCUT2D eigenvalue weighted by atomic mass is 19.4. The minimum absolute atomic E-state index is 0.402. The number of hydrogen-bond acceptors (Lipinski definition) is 3. The van der Waals surface area contributed by atoms with Crippen molar-refractivity contribution in [2.24, 2.45) is 0 Å². The van der Waals surface area contributed by atoms with Gasteiger partial charge in [0.25, 0.3) is 0 Å². The quantitative estimate of drug-likeness (QED) is 0.774. The zero-order valence-corrected chi connectivity index (χ0v) is 8.44. The first-order chi connectivity index (χ1) is 7.97. The number of nitrogens with zero attached hydrogens (tertiary/aromatic N) is 2. The second kappa shape index (κ2) is 4.08. The van der Waals surface area contributed by atoms with Gasteiger partial charge in [-0.15, -0.1) is 0 Å². The Balaban J connectivity index is 2.20. The van der Waals surface area contributed by atoms with Gasteiger partial charge in [-0.1, -0.05) is 12.1 Å². The maximum Gasteiger partial charge on any atom is 0.422 e. The number of carbonyl (C=O) groups is 1. The molecule has 1 aromatic carbocycles. The zero-order chi connectivity index (χ0) is 12.5. The number of para-hydroxylation sites is 2. The number of aromatic nitrogens is 2. The van der Waals surface area contributed by atoms with Crippen molar-refractivity contribution >= 4 is 17.1 Å². The number of rotatable bonds is 1. The van der Waals surface area contributed by atoms with E-state index in [9.17, 15) is 18.0 Å². The maximum absolute atomic E-state index is 11.9. The van der Waals surface area contributed by atoms with Crippen LogP contribution in [0.2, 0.25) is 0 Å². The molecule has 0 saturated heterocycles. The Morgan fingerprint density at radius 1 is 1.35 bits per heavy atom. The van der Waals surface area contributed by atoms with Gasteiger partial charge in [-0.25, -0.2) is 14.3 Å². The van der Waals surface area contributed by atoms with Gasteiger partial charge in [-0.3, -0.25) is 0 Å². The normalized spacial score (nSPS) is 11.7. The van der Waals surface area contributed by atoms with Gasteiger partial charge in [-0.05, 0) is 12.1 Å². The Morgan fingerprint density at radius 3 is 2.76 bits per heavy atom. The topological polar surface area (TPSA) is 44.1 Å². The standard InChI is InChI=1S/C10H7F3N2O2/c11-10(12,13)5-17-9(16)15-6-14-7-3-1-2-4-8(7)15/h1-4,6H,5H2. The van der Waals surface area contributed by atoms with Gasteiger partial charge in [0.15, 0.2) is 6.61 Å². The molecule has 0 unspecified atom stereocenters. The van der Waals surface area contributed by atoms with E-state index in [0.29, 0.717) is 11.0 Å². The molecule has 0 bridgehead atoms. The van der Waals surface area contributed by atoms with Crippen molar-refractivity contribution in [1.29, 1.82) is 0 Å². The smallest absolute Gasteiger partial charge is 0.422 e. The predicted molar refractivity (Wildman–Crippen MR) is 52.5 cm³/mol. The van der Waals surface area contributed by atoms with Gasteiger partial charge in [-0.2, -0.15) is 13.2 Å². The van der Waals surface area contributed by atoms with Gasteiger partial charge in [0.1, 0.15) is 6.33 Å². The summed E-state index contributed by atoms with van der Waals surface area (Å²) in [6, 6.07) is 6.57. The molecular weight excluding hydrogens is 237 g/mol. The number of hydrogen-bond donors (Lipinski definition) is 0. The van der Waals surface area contributed by atoms with Crippen LogP contribution in [-0.2, 0) is 4.74 Å². The number of halogens is 3. The van der Waals surface area contributed by atoms with Gasteiger partial charge in [0.05, 0.1) is 11.0 Å². The Bertz CT molecular complexity index is 548. The summed E-state index contributed by atoms with van der Waals surface area (Å²) in [7, 11) is 0. The largest absolute Gasteiger partial charge is 0.439 e.